The van der Waals surface area contributed by atoms with Crippen molar-refractivity contribution in [3.63, 3.8) is 0 Å². The predicted molar refractivity (Wildman–Crippen MR) is 97.5 cm³/mol. The van der Waals surface area contributed by atoms with Crippen LogP contribution in [0.15, 0.2) is 24.3 Å². The second-order valence-electron chi connectivity index (χ2n) is 6.81. The number of hydrogen-bond donors (Lipinski definition) is 1. The second kappa shape index (κ2) is 9.07. The van der Waals surface area contributed by atoms with Crippen molar-refractivity contribution in [2.75, 3.05) is 18.5 Å². The van der Waals surface area contributed by atoms with Crippen LogP contribution in [0, 0.1) is 5.92 Å². The Bertz CT molecular complexity index is 510. The van der Waals surface area contributed by atoms with E-state index in [0.29, 0.717) is 12.5 Å². The summed E-state index contributed by atoms with van der Waals surface area (Å²) in [4.78, 5) is 12.9. The lowest BCUT2D eigenvalue weighted by atomic mass is 9.78. The topological polar surface area (TPSA) is 47.6 Å². The number of amides is 1. The van der Waals surface area contributed by atoms with Crippen LogP contribution in [-0.2, 0) is 9.53 Å². The van der Waals surface area contributed by atoms with E-state index in [-0.39, 0.29) is 5.91 Å². The lowest BCUT2D eigenvalue weighted by Gasteiger charge is -2.38. The third-order valence-corrected chi connectivity index (χ3v) is 4.67. The Morgan fingerprint density at radius 1 is 1.29 bits per heavy atom. The van der Waals surface area contributed by atoms with E-state index in [1.54, 1.807) is 0 Å². The van der Waals surface area contributed by atoms with E-state index in [4.69, 9.17) is 9.47 Å². The molecule has 0 heterocycles. The number of anilines is 1. The highest BCUT2D eigenvalue weighted by atomic mass is 16.5. The molecule has 0 bridgehead atoms. The molecule has 1 aliphatic rings. The van der Waals surface area contributed by atoms with Gasteiger partial charge in [-0.1, -0.05) is 26.7 Å². The van der Waals surface area contributed by atoms with Gasteiger partial charge in [0, 0.05) is 12.3 Å². The predicted octanol–water partition coefficient (Wildman–Crippen LogP) is 4.79. The third-order valence-electron chi connectivity index (χ3n) is 4.67. The molecule has 1 saturated carbocycles. The maximum Gasteiger partial charge on any atom is 0.256 e. The minimum Gasteiger partial charge on any atom is -0.494 e. The van der Waals surface area contributed by atoms with Gasteiger partial charge in [0.1, 0.15) is 11.4 Å². The summed E-state index contributed by atoms with van der Waals surface area (Å²) in [5.41, 5.74) is 0.114. The first kappa shape index (κ1) is 18.8. The summed E-state index contributed by atoms with van der Waals surface area (Å²) in [6, 6.07) is 7.60. The molecule has 4 nitrogen and oxygen atoms in total. The van der Waals surface area contributed by atoms with E-state index in [2.05, 4.69) is 19.2 Å². The molecule has 1 aromatic rings. The van der Waals surface area contributed by atoms with Gasteiger partial charge in [-0.15, -0.1) is 0 Å². The molecule has 1 fully saturated rings. The van der Waals surface area contributed by atoms with Gasteiger partial charge in [0.05, 0.1) is 6.61 Å². The molecule has 0 aliphatic heterocycles. The van der Waals surface area contributed by atoms with Gasteiger partial charge in [0.25, 0.3) is 5.91 Å². The molecule has 1 amide bonds. The molecule has 0 unspecified atom stereocenters. The number of carbonyl (C=O) groups is 1. The van der Waals surface area contributed by atoms with Crippen LogP contribution in [0.5, 0.6) is 5.75 Å². The molecule has 4 heteroatoms. The number of hydrogen-bond acceptors (Lipinski definition) is 3. The molecule has 24 heavy (non-hydrogen) atoms. The minimum absolute atomic E-state index is 0.0180. The van der Waals surface area contributed by atoms with Crippen molar-refractivity contribution in [3.05, 3.63) is 24.3 Å². The maximum absolute atomic E-state index is 12.9. The average Bonchev–Trinajstić information content (AvgIpc) is 2.57. The molecule has 0 saturated heterocycles. The third kappa shape index (κ3) is 4.97. The monoisotopic (exact) mass is 333 g/mol. The van der Waals surface area contributed by atoms with Gasteiger partial charge in [-0.05, 0) is 62.8 Å². The summed E-state index contributed by atoms with van der Waals surface area (Å²) >= 11 is 0. The quantitative estimate of drug-likeness (QED) is 0.696. The largest absolute Gasteiger partial charge is 0.494 e. The fourth-order valence-electron chi connectivity index (χ4n) is 3.40. The summed E-state index contributed by atoms with van der Waals surface area (Å²) in [5.74, 6) is 1.34. The number of carbonyl (C=O) groups excluding carboxylic acids is 1. The normalized spacial score (nSPS) is 23.7. The van der Waals surface area contributed by atoms with Gasteiger partial charge in [-0.2, -0.15) is 0 Å². The SMILES string of the molecule is CCCCOc1ccc(NC(=O)[C@@]2(OCC)CCC[C@H](C)C2)cc1. The highest BCUT2D eigenvalue weighted by Gasteiger charge is 2.42. The van der Waals surface area contributed by atoms with Crippen molar-refractivity contribution in [2.45, 2.75) is 64.9 Å². The fourth-order valence-corrected chi connectivity index (χ4v) is 3.40. The van der Waals surface area contributed by atoms with Crippen LogP contribution in [0.2, 0.25) is 0 Å². The zero-order valence-corrected chi connectivity index (χ0v) is 15.3. The average molecular weight is 333 g/mol. The summed E-state index contributed by atoms with van der Waals surface area (Å²) in [6.07, 6.45) is 5.98. The lowest BCUT2D eigenvalue weighted by Crippen LogP contribution is -2.48. The molecule has 2 rings (SSSR count). The van der Waals surface area contributed by atoms with Crippen LogP contribution < -0.4 is 10.1 Å². The van der Waals surface area contributed by atoms with Crippen molar-refractivity contribution in [3.8, 4) is 5.75 Å². The summed E-state index contributed by atoms with van der Waals surface area (Å²) in [6.45, 7) is 7.58. The Labute approximate surface area is 145 Å². The fraction of sp³-hybridized carbons (Fsp3) is 0.650. The molecule has 1 aromatic carbocycles. The minimum atomic E-state index is -0.678. The molecule has 0 aromatic heterocycles. The first-order valence-electron chi connectivity index (χ1n) is 9.28. The molecule has 1 N–H and O–H groups in total. The van der Waals surface area contributed by atoms with Gasteiger partial charge in [-0.3, -0.25) is 4.79 Å². The molecule has 2 atom stereocenters. The molecular weight excluding hydrogens is 302 g/mol. The van der Waals surface area contributed by atoms with Gasteiger partial charge >= 0.3 is 0 Å². The van der Waals surface area contributed by atoms with Crippen LogP contribution in [0.1, 0.15) is 59.3 Å². The number of ether oxygens (including phenoxy) is 2. The smallest absolute Gasteiger partial charge is 0.256 e. The van der Waals surface area contributed by atoms with E-state index in [1.807, 2.05) is 31.2 Å². The first-order valence-corrected chi connectivity index (χ1v) is 9.28. The Morgan fingerprint density at radius 2 is 2.04 bits per heavy atom. The molecule has 1 aliphatic carbocycles. The Morgan fingerprint density at radius 3 is 2.67 bits per heavy atom. The molecular formula is C20H31NO3. The standard InChI is InChI=1S/C20H31NO3/c1-4-6-14-23-18-11-9-17(10-12-18)21-19(22)20(24-5-2)13-7-8-16(3)15-20/h9-12,16H,4-8,13-15H2,1-3H3,(H,21,22)/t16-,20+/m0/s1. The van der Waals surface area contributed by atoms with Crippen LogP contribution in [0.25, 0.3) is 0 Å². The number of benzene rings is 1. The molecule has 0 radical (unpaired) electrons. The first-order chi connectivity index (χ1) is 11.6. The number of unbranched alkanes of at least 4 members (excludes halogenated alkanes) is 1. The Kier molecular flexibility index (Phi) is 7.10. The number of rotatable bonds is 8. The highest BCUT2D eigenvalue weighted by Crippen LogP contribution is 2.36. The van der Waals surface area contributed by atoms with Crippen LogP contribution in [0.3, 0.4) is 0 Å². The van der Waals surface area contributed by atoms with E-state index in [1.165, 1.54) is 6.42 Å². The second-order valence-corrected chi connectivity index (χ2v) is 6.81. The maximum atomic E-state index is 12.9. The van der Waals surface area contributed by atoms with E-state index in [9.17, 15) is 4.79 Å². The summed E-state index contributed by atoms with van der Waals surface area (Å²) in [7, 11) is 0. The molecule has 0 spiro atoms. The van der Waals surface area contributed by atoms with Gasteiger partial charge in [0.15, 0.2) is 0 Å². The van der Waals surface area contributed by atoms with E-state index < -0.39 is 5.60 Å². The van der Waals surface area contributed by atoms with Crippen molar-refractivity contribution < 1.29 is 14.3 Å². The summed E-state index contributed by atoms with van der Waals surface area (Å²) < 4.78 is 11.6. The van der Waals surface area contributed by atoms with E-state index >= 15 is 0 Å². The van der Waals surface area contributed by atoms with Crippen LogP contribution in [0.4, 0.5) is 5.69 Å². The molecule has 134 valence electrons. The highest BCUT2D eigenvalue weighted by molar-refractivity contribution is 5.97. The van der Waals surface area contributed by atoms with E-state index in [0.717, 1.165) is 50.1 Å². The van der Waals surface area contributed by atoms with Crippen LogP contribution >= 0.6 is 0 Å². The Hall–Kier alpha value is -1.55. The Balaban J connectivity index is 1.98. The van der Waals surface area contributed by atoms with Gasteiger partial charge < -0.3 is 14.8 Å². The number of nitrogens with one attached hydrogen (secondary N) is 1. The van der Waals surface area contributed by atoms with Crippen molar-refractivity contribution in [1.29, 1.82) is 0 Å². The lowest BCUT2D eigenvalue weighted by molar-refractivity contribution is -0.147. The van der Waals surface area contributed by atoms with Gasteiger partial charge in [-0.25, -0.2) is 0 Å². The van der Waals surface area contributed by atoms with Crippen molar-refractivity contribution in [1.82, 2.24) is 0 Å². The van der Waals surface area contributed by atoms with Crippen LogP contribution in [-0.4, -0.2) is 24.7 Å². The zero-order chi connectivity index (χ0) is 17.4. The van der Waals surface area contributed by atoms with Gasteiger partial charge in [0.2, 0.25) is 0 Å². The van der Waals surface area contributed by atoms with Crippen molar-refractivity contribution in [2.24, 2.45) is 5.92 Å². The van der Waals surface area contributed by atoms with Crippen molar-refractivity contribution >= 4 is 11.6 Å². The zero-order valence-electron chi connectivity index (χ0n) is 15.3. The summed E-state index contributed by atoms with van der Waals surface area (Å²) in [5, 5.41) is 3.03.